The molecule has 0 spiro atoms. The number of anilines is 1. The number of carbonyl (C=O) groups excluding carboxylic acids is 3. The molecule has 1 heterocycles. The van der Waals surface area contributed by atoms with Gasteiger partial charge in [-0.05, 0) is 43.2 Å². The van der Waals surface area contributed by atoms with E-state index in [2.05, 4.69) is 10.6 Å². The van der Waals surface area contributed by atoms with Crippen molar-refractivity contribution in [1.29, 1.82) is 0 Å². The van der Waals surface area contributed by atoms with Crippen LogP contribution in [0.25, 0.3) is 0 Å². The Hall–Kier alpha value is -2.86. The van der Waals surface area contributed by atoms with E-state index in [1.54, 1.807) is 60.5 Å². The zero-order valence-electron chi connectivity index (χ0n) is 15.6. The molecule has 7 heteroatoms. The van der Waals surface area contributed by atoms with Crippen molar-refractivity contribution in [1.82, 2.24) is 10.2 Å². The van der Waals surface area contributed by atoms with Gasteiger partial charge >= 0.3 is 0 Å². The average molecular weight is 400 g/mol. The quantitative estimate of drug-likeness (QED) is 0.828. The summed E-state index contributed by atoms with van der Waals surface area (Å²) >= 11 is 6.07. The smallest absolute Gasteiger partial charge is 0.257 e. The molecule has 1 aliphatic heterocycles. The number of likely N-dealkylation sites (tertiary alicyclic amines) is 1. The maximum absolute atomic E-state index is 12.9. The summed E-state index contributed by atoms with van der Waals surface area (Å²) < 4.78 is 0. The van der Waals surface area contributed by atoms with Crippen LogP contribution in [-0.4, -0.2) is 42.8 Å². The molecule has 1 unspecified atom stereocenters. The second kappa shape index (κ2) is 8.89. The molecule has 1 saturated heterocycles. The first-order valence-corrected chi connectivity index (χ1v) is 9.54. The molecule has 3 rings (SSSR count). The Morgan fingerprint density at radius 3 is 2.64 bits per heavy atom. The van der Waals surface area contributed by atoms with Gasteiger partial charge in [0.25, 0.3) is 11.8 Å². The molecule has 28 heavy (non-hydrogen) atoms. The number of rotatable bonds is 4. The average Bonchev–Trinajstić information content (AvgIpc) is 2.73. The van der Waals surface area contributed by atoms with Crippen molar-refractivity contribution in [3.63, 3.8) is 0 Å². The van der Waals surface area contributed by atoms with Gasteiger partial charge in [0, 0.05) is 31.4 Å². The van der Waals surface area contributed by atoms with Gasteiger partial charge in [-0.1, -0.05) is 29.8 Å². The highest BCUT2D eigenvalue weighted by molar-refractivity contribution is 6.34. The van der Waals surface area contributed by atoms with E-state index in [0.29, 0.717) is 34.9 Å². The molecule has 0 saturated carbocycles. The maximum Gasteiger partial charge on any atom is 0.257 e. The van der Waals surface area contributed by atoms with E-state index in [1.165, 1.54) is 0 Å². The lowest BCUT2D eigenvalue weighted by Crippen LogP contribution is -2.44. The molecule has 0 radical (unpaired) electrons. The zero-order valence-corrected chi connectivity index (χ0v) is 16.3. The molecular weight excluding hydrogens is 378 g/mol. The largest absolute Gasteiger partial charge is 0.359 e. The first-order chi connectivity index (χ1) is 13.5. The molecule has 6 nitrogen and oxygen atoms in total. The van der Waals surface area contributed by atoms with E-state index in [0.717, 1.165) is 12.8 Å². The molecule has 2 N–H and O–H groups in total. The Kier molecular flexibility index (Phi) is 6.31. The lowest BCUT2D eigenvalue weighted by Gasteiger charge is -2.32. The van der Waals surface area contributed by atoms with Gasteiger partial charge in [0.05, 0.1) is 16.5 Å². The van der Waals surface area contributed by atoms with Crippen molar-refractivity contribution in [3.05, 3.63) is 64.7 Å². The molecule has 1 atom stereocenters. The fourth-order valence-electron chi connectivity index (χ4n) is 3.34. The molecule has 0 aromatic heterocycles. The highest BCUT2D eigenvalue weighted by atomic mass is 35.5. The zero-order chi connectivity index (χ0) is 20.1. The molecule has 146 valence electrons. The molecule has 3 amide bonds. The Labute approximate surface area is 168 Å². The van der Waals surface area contributed by atoms with E-state index in [-0.39, 0.29) is 23.6 Å². The van der Waals surface area contributed by atoms with Gasteiger partial charge in [0.15, 0.2) is 0 Å². The summed E-state index contributed by atoms with van der Waals surface area (Å²) in [4.78, 5) is 38.9. The summed E-state index contributed by atoms with van der Waals surface area (Å²) in [7, 11) is 1.61. The number of hydrogen-bond acceptors (Lipinski definition) is 3. The van der Waals surface area contributed by atoms with Gasteiger partial charge in [-0.2, -0.15) is 0 Å². The molecular formula is C21H22ClN3O3. The molecule has 0 aliphatic carbocycles. The van der Waals surface area contributed by atoms with Gasteiger partial charge in [-0.15, -0.1) is 0 Å². The monoisotopic (exact) mass is 399 g/mol. The van der Waals surface area contributed by atoms with Crippen LogP contribution in [0.2, 0.25) is 5.02 Å². The summed E-state index contributed by atoms with van der Waals surface area (Å²) in [6, 6.07) is 13.6. The van der Waals surface area contributed by atoms with Crippen molar-refractivity contribution in [3.8, 4) is 0 Å². The van der Waals surface area contributed by atoms with Gasteiger partial charge in [-0.25, -0.2) is 0 Å². The van der Waals surface area contributed by atoms with E-state index >= 15 is 0 Å². The van der Waals surface area contributed by atoms with Crippen LogP contribution in [0.15, 0.2) is 48.5 Å². The highest BCUT2D eigenvalue weighted by Gasteiger charge is 2.28. The number of nitrogens with one attached hydrogen (secondary N) is 2. The fraction of sp³-hybridized carbons (Fsp3) is 0.286. The molecule has 1 fully saturated rings. The maximum atomic E-state index is 12.9. The number of benzene rings is 2. The first kappa shape index (κ1) is 19.9. The van der Waals surface area contributed by atoms with Crippen LogP contribution in [0.1, 0.15) is 33.6 Å². The minimum absolute atomic E-state index is 0.0433. The van der Waals surface area contributed by atoms with E-state index in [9.17, 15) is 14.4 Å². The minimum atomic E-state index is -0.340. The van der Waals surface area contributed by atoms with E-state index in [1.807, 2.05) is 0 Å². The normalized spacial score (nSPS) is 16.4. The van der Waals surface area contributed by atoms with Crippen LogP contribution in [0.3, 0.4) is 0 Å². The SMILES string of the molecule is CNC(=O)C1CCCN(C(=O)c2cccc(NC(=O)c3ccccc3Cl)c2)C1. The van der Waals surface area contributed by atoms with Crippen LogP contribution in [0.5, 0.6) is 0 Å². The third-order valence-corrected chi connectivity index (χ3v) is 5.14. The Morgan fingerprint density at radius 2 is 1.89 bits per heavy atom. The minimum Gasteiger partial charge on any atom is -0.359 e. The fourth-order valence-corrected chi connectivity index (χ4v) is 3.56. The second-order valence-corrected chi connectivity index (χ2v) is 7.13. The lowest BCUT2D eigenvalue weighted by molar-refractivity contribution is -0.125. The summed E-state index contributed by atoms with van der Waals surface area (Å²) in [5.41, 5.74) is 1.34. The Morgan fingerprint density at radius 1 is 1.11 bits per heavy atom. The summed E-state index contributed by atoms with van der Waals surface area (Å²) in [6.45, 7) is 1.01. The van der Waals surface area contributed by atoms with Crippen LogP contribution in [-0.2, 0) is 4.79 Å². The third kappa shape index (κ3) is 4.51. The third-order valence-electron chi connectivity index (χ3n) is 4.81. The van der Waals surface area contributed by atoms with Crippen molar-refractivity contribution < 1.29 is 14.4 Å². The van der Waals surface area contributed by atoms with E-state index in [4.69, 9.17) is 11.6 Å². The predicted molar refractivity (Wildman–Crippen MR) is 109 cm³/mol. The number of piperidine rings is 1. The van der Waals surface area contributed by atoms with Crippen molar-refractivity contribution in [2.24, 2.45) is 5.92 Å². The predicted octanol–water partition coefficient (Wildman–Crippen LogP) is 3.19. The first-order valence-electron chi connectivity index (χ1n) is 9.16. The van der Waals surface area contributed by atoms with Crippen molar-refractivity contribution >= 4 is 35.0 Å². The number of nitrogens with zero attached hydrogens (tertiary/aromatic N) is 1. The summed E-state index contributed by atoms with van der Waals surface area (Å²) in [5, 5.41) is 5.79. The topological polar surface area (TPSA) is 78.5 Å². The molecule has 2 aromatic rings. The number of halogens is 1. The lowest BCUT2D eigenvalue weighted by atomic mass is 9.96. The van der Waals surface area contributed by atoms with Crippen LogP contribution in [0.4, 0.5) is 5.69 Å². The van der Waals surface area contributed by atoms with Crippen LogP contribution < -0.4 is 10.6 Å². The van der Waals surface area contributed by atoms with Gasteiger partial charge in [0.2, 0.25) is 5.91 Å². The number of carbonyl (C=O) groups is 3. The number of hydrogen-bond donors (Lipinski definition) is 2. The summed E-state index contributed by atoms with van der Waals surface area (Å²) in [6.07, 6.45) is 1.56. The molecule has 2 aromatic carbocycles. The standard InChI is InChI=1S/C21H22ClN3O3/c1-23-19(26)15-7-5-11-25(13-15)21(28)14-6-4-8-16(12-14)24-20(27)17-9-2-3-10-18(17)22/h2-4,6,8-10,12,15H,5,7,11,13H2,1H3,(H,23,26)(H,24,27). The van der Waals surface area contributed by atoms with Crippen LogP contribution in [0, 0.1) is 5.92 Å². The molecule has 0 bridgehead atoms. The summed E-state index contributed by atoms with van der Waals surface area (Å²) in [5.74, 6) is -0.723. The van der Waals surface area contributed by atoms with Gasteiger partial charge < -0.3 is 15.5 Å². The van der Waals surface area contributed by atoms with Crippen molar-refractivity contribution in [2.45, 2.75) is 12.8 Å². The number of amides is 3. The second-order valence-electron chi connectivity index (χ2n) is 6.72. The van der Waals surface area contributed by atoms with Crippen LogP contribution >= 0.6 is 11.6 Å². The Bertz CT molecular complexity index is 900. The van der Waals surface area contributed by atoms with Gasteiger partial charge in [0.1, 0.15) is 0 Å². The Balaban J connectivity index is 1.72. The molecule has 1 aliphatic rings. The van der Waals surface area contributed by atoms with E-state index < -0.39 is 0 Å². The highest BCUT2D eigenvalue weighted by Crippen LogP contribution is 2.21. The van der Waals surface area contributed by atoms with Crippen molar-refractivity contribution in [2.75, 3.05) is 25.5 Å². The van der Waals surface area contributed by atoms with Gasteiger partial charge in [-0.3, -0.25) is 14.4 Å².